The molecule has 2 unspecified atom stereocenters. The Kier molecular flexibility index (Phi) is 4.74. The summed E-state index contributed by atoms with van der Waals surface area (Å²) in [5.74, 6) is 0.555. The van der Waals surface area contributed by atoms with Crippen LogP contribution in [0.4, 0.5) is 4.39 Å². The van der Waals surface area contributed by atoms with Gasteiger partial charge in [0.15, 0.2) is 0 Å². The zero-order valence-corrected chi connectivity index (χ0v) is 12.9. The lowest BCUT2D eigenvalue weighted by molar-refractivity contribution is 0.621. The number of imidazole rings is 1. The third kappa shape index (κ3) is 3.23. The summed E-state index contributed by atoms with van der Waals surface area (Å²) in [6.45, 7) is 4.96. The maximum atomic E-state index is 13.3. The normalized spacial score (nSPS) is 14.8. The summed E-state index contributed by atoms with van der Waals surface area (Å²) < 4.78 is 15.4. The number of thioether (sulfide) groups is 1. The van der Waals surface area contributed by atoms with Crippen molar-refractivity contribution in [2.45, 2.75) is 37.4 Å². The summed E-state index contributed by atoms with van der Waals surface area (Å²) in [6, 6.07) is 4.72. The fraction of sp³-hybridized carbons (Fsp3) is 0.500. The second-order valence-corrected chi connectivity index (χ2v) is 6.64. The van der Waals surface area contributed by atoms with Crippen LogP contribution >= 0.6 is 23.4 Å². The highest BCUT2D eigenvalue weighted by Gasteiger charge is 2.15. The number of halogens is 2. The van der Waals surface area contributed by atoms with Crippen molar-refractivity contribution in [2.24, 2.45) is 0 Å². The van der Waals surface area contributed by atoms with E-state index in [1.807, 2.05) is 18.7 Å². The molecule has 2 aromatic rings. The maximum absolute atomic E-state index is 13.3. The van der Waals surface area contributed by atoms with Gasteiger partial charge in [-0.3, -0.25) is 0 Å². The van der Waals surface area contributed by atoms with Gasteiger partial charge >= 0.3 is 0 Å². The average Bonchev–Trinajstić information content (AvgIpc) is 2.73. The number of hydrogen-bond donors (Lipinski definition) is 0. The Morgan fingerprint density at radius 2 is 2.16 bits per heavy atom. The van der Waals surface area contributed by atoms with E-state index in [0.29, 0.717) is 10.8 Å². The molecule has 2 nitrogen and oxygen atoms in total. The van der Waals surface area contributed by atoms with Crippen LogP contribution in [-0.2, 0) is 6.54 Å². The molecule has 0 radical (unpaired) electrons. The first kappa shape index (κ1) is 14.7. The van der Waals surface area contributed by atoms with Crippen LogP contribution in [0, 0.1) is 5.82 Å². The summed E-state index contributed by atoms with van der Waals surface area (Å²) >= 11 is 8.03. The lowest BCUT2D eigenvalue weighted by Crippen LogP contribution is -2.08. The molecule has 0 fully saturated rings. The highest BCUT2D eigenvalue weighted by Crippen LogP contribution is 2.26. The highest BCUT2D eigenvalue weighted by atomic mass is 35.5. The van der Waals surface area contributed by atoms with Gasteiger partial charge in [0.1, 0.15) is 11.6 Å². The van der Waals surface area contributed by atoms with E-state index in [4.69, 9.17) is 11.6 Å². The highest BCUT2D eigenvalue weighted by molar-refractivity contribution is 7.99. The fourth-order valence-electron chi connectivity index (χ4n) is 2.09. The Morgan fingerprint density at radius 1 is 1.42 bits per heavy atom. The summed E-state index contributed by atoms with van der Waals surface area (Å²) in [7, 11) is 0. The first-order chi connectivity index (χ1) is 9.02. The minimum Gasteiger partial charge on any atom is -0.327 e. The molecular weight excluding hydrogens is 283 g/mol. The van der Waals surface area contributed by atoms with Gasteiger partial charge < -0.3 is 4.57 Å². The molecule has 2 atom stereocenters. The van der Waals surface area contributed by atoms with Gasteiger partial charge in [-0.05, 0) is 31.7 Å². The van der Waals surface area contributed by atoms with Crippen LogP contribution in [0.3, 0.4) is 0 Å². The molecule has 0 aliphatic heterocycles. The Labute approximate surface area is 122 Å². The first-order valence-corrected chi connectivity index (χ1v) is 8.08. The van der Waals surface area contributed by atoms with E-state index >= 15 is 0 Å². The number of nitrogens with zero attached hydrogens (tertiary/aromatic N) is 2. The number of fused-ring (bicyclic) bond motifs is 1. The monoisotopic (exact) mass is 300 g/mol. The number of alkyl halides is 1. The lowest BCUT2D eigenvalue weighted by Gasteiger charge is -2.13. The van der Waals surface area contributed by atoms with Crippen LogP contribution < -0.4 is 0 Å². The molecule has 0 aliphatic carbocycles. The standard InChI is InChI=1S/C14H18ClFN2S/c1-9(19-3)6-7-18-13-5-4-11(16)8-12(13)17-14(18)10(2)15/h4-5,8-10H,6-7H2,1-3H3. The molecule has 0 bridgehead atoms. The molecule has 1 aromatic carbocycles. The van der Waals surface area contributed by atoms with Crippen LogP contribution in [0.2, 0.25) is 0 Å². The van der Waals surface area contributed by atoms with Gasteiger partial charge in [-0.1, -0.05) is 6.92 Å². The van der Waals surface area contributed by atoms with Crippen LogP contribution in [-0.4, -0.2) is 21.1 Å². The average molecular weight is 301 g/mol. The Morgan fingerprint density at radius 3 is 2.79 bits per heavy atom. The van der Waals surface area contributed by atoms with Crippen molar-refractivity contribution in [3.8, 4) is 0 Å². The lowest BCUT2D eigenvalue weighted by atomic mass is 10.3. The van der Waals surface area contributed by atoms with Crippen LogP contribution in [0.25, 0.3) is 11.0 Å². The molecule has 0 amide bonds. The molecule has 0 saturated heterocycles. The van der Waals surface area contributed by atoms with E-state index in [2.05, 4.69) is 22.7 Å². The first-order valence-electron chi connectivity index (χ1n) is 6.35. The molecule has 1 aromatic heterocycles. The van der Waals surface area contributed by atoms with Crippen LogP contribution in [0.1, 0.15) is 31.5 Å². The Hall–Kier alpha value is -0.740. The Bertz CT molecular complexity index is 568. The minimum atomic E-state index is -0.261. The molecule has 0 spiro atoms. The number of hydrogen-bond acceptors (Lipinski definition) is 2. The van der Waals surface area contributed by atoms with Crippen molar-refractivity contribution in [1.82, 2.24) is 9.55 Å². The number of rotatable bonds is 5. The van der Waals surface area contributed by atoms with Crippen molar-refractivity contribution in [3.63, 3.8) is 0 Å². The molecule has 0 saturated carbocycles. The van der Waals surface area contributed by atoms with Gasteiger partial charge in [0, 0.05) is 17.9 Å². The molecule has 104 valence electrons. The van der Waals surface area contributed by atoms with E-state index in [-0.39, 0.29) is 11.2 Å². The smallest absolute Gasteiger partial charge is 0.127 e. The fourth-order valence-corrected chi connectivity index (χ4v) is 2.60. The predicted octanol–water partition coefficient (Wildman–Crippen LogP) is 4.62. The van der Waals surface area contributed by atoms with Gasteiger partial charge in [-0.25, -0.2) is 9.37 Å². The molecule has 19 heavy (non-hydrogen) atoms. The van der Waals surface area contributed by atoms with E-state index in [0.717, 1.165) is 24.3 Å². The van der Waals surface area contributed by atoms with Gasteiger partial charge in [-0.2, -0.15) is 11.8 Å². The molecule has 1 heterocycles. The summed E-state index contributed by atoms with van der Waals surface area (Å²) in [6.07, 6.45) is 3.15. The molecule has 5 heteroatoms. The molecule has 2 rings (SSSR count). The van der Waals surface area contributed by atoms with Crippen molar-refractivity contribution >= 4 is 34.4 Å². The second-order valence-electron chi connectivity index (χ2n) is 4.71. The van der Waals surface area contributed by atoms with Crippen molar-refractivity contribution in [1.29, 1.82) is 0 Å². The Balaban J connectivity index is 2.40. The van der Waals surface area contributed by atoms with E-state index < -0.39 is 0 Å². The van der Waals surface area contributed by atoms with Crippen LogP contribution in [0.5, 0.6) is 0 Å². The minimum absolute atomic E-state index is 0.181. The summed E-state index contributed by atoms with van der Waals surface area (Å²) in [4.78, 5) is 4.46. The van der Waals surface area contributed by atoms with E-state index in [9.17, 15) is 4.39 Å². The summed E-state index contributed by atoms with van der Waals surface area (Å²) in [5.41, 5.74) is 1.64. The largest absolute Gasteiger partial charge is 0.327 e. The number of aryl methyl sites for hydroxylation is 1. The van der Waals surface area contributed by atoms with E-state index in [1.54, 1.807) is 6.07 Å². The molecule has 0 N–H and O–H groups in total. The quantitative estimate of drug-likeness (QED) is 0.750. The molecular formula is C14H18ClFN2S. The number of aromatic nitrogens is 2. The van der Waals surface area contributed by atoms with Crippen molar-refractivity contribution < 1.29 is 4.39 Å². The van der Waals surface area contributed by atoms with Crippen LogP contribution in [0.15, 0.2) is 18.2 Å². The third-order valence-corrected chi connectivity index (χ3v) is 4.49. The van der Waals surface area contributed by atoms with Gasteiger partial charge in [0.25, 0.3) is 0 Å². The van der Waals surface area contributed by atoms with Gasteiger partial charge in [-0.15, -0.1) is 11.6 Å². The predicted molar refractivity (Wildman–Crippen MR) is 81.6 cm³/mol. The molecule has 0 aliphatic rings. The second kappa shape index (κ2) is 6.14. The zero-order valence-electron chi connectivity index (χ0n) is 11.4. The topological polar surface area (TPSA) is 17.8 Å². The van der Waals surface area contributed by atoms with Crippen molar-refractivity contribution in [2.75, 3.05) is 6.26 Å². The van der Waals surface area contributed by atoms with Gasteiger partial charge in [0.05, 0.1) is 16.4 Å². The third-order valence-electron chi connectivity index (χ3n) is 3.26. The SMILES string of the molecule is CSC(C)CCn1c(C(C)Cl)nc2cc(F)ccc21. The number of benzene rings is 1. The zero-order chi connectivity index (χ0) is 14.0. The van der Waals surface area contributed by atoms with Crippen molar-refractivity contribution in [3.05, 3.63) is 29.8 Å². The van der Waals surface area contributed by atoms with E-state index in [1.165, 1.54) is 12.1 Å². The maximum Gasteiger partial charge on any atom is 0.127 e. The van der Waals surface area contributed by atoms with Gasteiger partial charge in [0.2, 0.25) is 0 Å². The summed E-state index contributed by atoms with van der Waals surface area (Å²) in [5, 5.41) is 0.399.